The molecule has 0 saturated heterocycles. The second-order valence-corrected chi connectivity index (χ2v) is 20.1. The summed E-state index contributed by atoms with van der Waals surface area (Å²) in [5.74, 6) is 0. The van der Waals surface area contributed by atoms with Crippen molar-refractivity contribution >= 4 is 32.3 Å². The van der Waals surface area contributed by atoms with Gasteiger partial charge < -0.3 is 30.4 Å². The van der Waals surface area contributed by atoms with Crippen LogP contribution >= 0.6 is 7.05 Å². The number of hydrogen-bond acceptors (Lipinski definition) is 2. The first-order chi connectivity index (χ1) is 12.2. The van der Waals surface area contributed by atoms with Crippen molar-refractivity contribution < 1.29 is 21.7 Å². The summed E-state index contributed by atoms with van der Waals surface area (Å²) in [4.78, 5) is 0. The van der Waals surface area contributed by atoms with E-state index >= 15 is 0 Å². The molecule has 1 nitrogen and oxygen atoms in total. The maximum Gasteiger partial charge on any atom is 3.00 e. The molecule has 0 unspecified atom stereocenters. The number of nitrogens with zero attached hydrogens (tertiary/aromatic N) is 1. The van der Waals surface area contributed by atoms with Gasteiger partial charge in [-0.05, 0) is 15.5 Å². The summed E-state index contributed by atoms with van der Waals surface area (Å²) in [6.07, 6.45) is 10.0. The number of rotatable bonds is 0. The molecule has 1 aliphatic carbocycles. The predicted molar refractivity (Wildman–Crippen MR) is 146 cm³/mol. The minimum Gasteiger partial charge on any atom is -0.807 e. The third-order valence-corrected chi connectivity index (χ3v) is 9.29. The van der Waals surface area contributed by atoms with E-state index in [4.69, 9.17) is 25.3 Å². The first kappa shape index (κ1) is 38.4. The molecule has 5 heteroatoms. The monoisotopic (exact) mass is 507 g/mol. The third-order valence-electron chi connectivity index (χ3n) is 3.47. The second kappa shape index (κ2) is 14.4. The van der Waals surface area contributed by atoms with Gasteiger partial charge in [0.15, 0.2) is 0 Å². The first-order valence-corrected chi connectivity index (χ1v) is 13.0. The Morgan fingerprint density at radius 1 is 0.500 bits per heavy atom. The van der Waals surface area contributed by atoms with Gasteiger partial charge in [0.05, 0.1) is 0 Å². The Morgan fingerprint density at radius 2 is 0.667 bits per heavy atom. The summed E-state index contributed by atoms with van der Waals surface area (Å²) in [7, 11) is -2.02. The Kier molecular flexibility index (Phi) is 18.4. The fourth-order valence-electron chi connectivity index (χ4n) is 3.34. The standard InChI is InChI=1S/C12H27NP.C5H5.2C4H10S.Ti/c1-10(2,3)14(13,11(4,5)6)12(7,8)9;1-2-4-5-3-1;2*1-4(2,3)5;/h1-9H3;1-5H;2*5H,1-3H3;/q-1;;;;+3/p-2. The summed E-state index contributed by atoms with van der Waals surface area (Å²) >= 11 is 9.65. The van der Waals surface area contributed by atoms with Crippen LogP contribution in [0.2, 0.25) is 0 Å². The average Bonchev–Trinajstić information content (AvgIpc) is 2.87. The molecule has 1 rings (SSSR count). The van der Waals surface area contributed by atoms with Crippen LogP contribution < -0.4 is 0 Å². The van der Waals surface area contributed by atoms with Gasteiger partial charge in [0, 0.05) is 6.42 Å². The van der Waals surface area contributed by atoms with Gasteiger partial charge in [0.1, 0.15) is 0 Å². The van der Waals surface area contributed by atoms with E-state index in [1.807, 2.05) is 72.3 Å². The van der Waals surface area contributed by atoms with Gasteiger partial charge in [0.2, 0.25) is 0 Å². The van der Waals surface area contributed by atoms with Crippen molar-refractivity contribution in [3.63, 3.8) is 0 Å². The van der Waals surface area contributed by atoms with Crippen molar-refractivity contribution in [1.82, 2.24) is 0 Å². The van der Waals surface area contributed by atoms with E-state index in [0.717, 1.165) is 0 Å². The molecule has 0 amide bonds. The second-order valence-electron chi connectivity index (χ2n) is 12.3. The summed E-state index contributed by atoms with van der Waals surface area (Å²) in [6, 6.07) is 0. The van der Waals surface area contributed by atoms with Crippen molar-refractivity contribution in [2.45, 2.75) is 129 Å². The first-order valence-electron chi connectivity index (χ1n) is 10.4. The van der Waals surface area contributed by atoms with Crippen molar-refractivity contribution in [2.24, 2.45) is 0 Å². The van der Waals surface area contributed by atoms with E-state index in [2.05, 4.69) is 62.3 Å². The van der Waals surface area contributed by atoms with Crippen molar-refractivity contribution in [1.29, 1.82) is 0 Å². The zero-order valence-corrected chi connectivity index (χ0v) is 26.7. The Labute approximate surface area is 217 Å². The Bertz CT molecular complexity index is 469. The van der Waals surface area contributed by atoms with E-state index < -0.39 is 7.05 Å². The summed E-state index contributed by atoms with van der Waals surface area (Å²) in [5.41, 5.74) is 0. The summed E-state index contributed by atoms with van der Waals surface area (Å²) in [6.45, 7) is 31.5. The van der Waals surface area contributed by atoms with E-state index in [0.29, 0.717) is 0 Å². The molecule has 176 valence electrons. The van der Waals surface area contributed by atoms with E-state index in [-0.39, 0.29) is 46.7 Å². The third kappa shape index (κ3) is 21.0. The quantitative estimate of drug-likeness (QED) is 0.185. The molecular formula is C25H50NPS2Ti. The molecule has 0 heterocycles. The van der Waals surface area contributed by atoms with Crippen LogP contribution in [0.5, 0.6) is 0 Å². The van der Waals surface area contributed by atoms with Gasteiger partial charge >= 0.3 is 21.7 Å². The van der Waals surface area contributed by atoms with E-state index in [1.54, 1.807) is 0 Å². The van der Waals surface area contributed by atoms with E-state index in [1.165, 1.54) is 0 Å². The van der Waals surface area contributed by atoms with Crippen molar-refractivity contribution in [3.05, 3.63) is 35.9 Å². The fourth-order valence-corrected chi connectivity index (χ4v) is 9.38. The van der Waals surface area contributed by atoms with Gasteiger partial charge in [-0.15, -0.1) is 0 Å². The molecule has 0 N–H and O–H groups in total. The molecule has 0 aromatic carbocycles. The molecule has 2 radical (unpaired) electrons. The number of allylic oxidation sites excluding steroid dienone is 4. The number of hydrogen-bond donors (Lipinski definition) is 0. The normalized spacial score (nSPS) is 14.3. The fraction of sp³-hybridized carbons (Fsp3) is 0.800. The van der Waals surface area contributed by atoms with Gasteiger partial charge in [-0.25, -0.2) is 7.05 Å². The van der Waals surface area contributed by atoms with Crippen LogP contribution in [0.3, 0.4) is 0 Å². The van der Waals surface area contributed by atoms with Crippen LogP contribution in [0.4, 0.5) is 0 Å². The van der Waals surface area contributed by atoms with Gasteiger partial charge in [-0.2, -0.15) is 9.49 Å². The molecular weight excluding hydrogens is 457 g/mol. The zero-order valence-electron chi connectivity index (χ0n) is 22.6. The maximum absolute atomic E-state index is 11.1. The van der Waals surface area contributed by atoms with Crippen molar-refractivity contribution in [3.8, 4) is 0 Å². The maximum atomic E-state index is 11.1. The molecule has 0 aromatic heterocycles. The van der Waals surface area contributed by atoms with Gasteiger partial charge in [-0.3, -0.25) is 0 Å². The Morgan fingerprint density at radius 3 is 0.700 bits per heavy atom. The smallest absolute Gasteiger partial charge is 0.807 e. The van der Waals surface area contributed by atoms with Crippen LogP contribution in [0.1, 0.15) is 104 Å². The topological polar surface area (TPSA) is 22.3 Å². The molecule has 0 atom stereocenters. The molecule has 0 fully saturated rings. The molecule has 0 aromatic rings. The van der Waals surface area contributed by atoms with Crippen LogP contribution in [-0.2, 0) is 47.0 Å². The van der Waals surface area contributed by atoms with Crippen LogP contribution in [0.25, 0.3) is 5.16 Å². The minimum atomic E-state index is -2.02. The molecule has 0 bridgehead atoms. The molecule has 0 saturated carbocycles. The SMILES string of the molecule is CC(C)(C)P(=[N-])(C(C)(C)C)C(C)(C)C.CC(C)(C)[S-].CC(C)(C)[S-].[CH]1C=CC=C1.[Ti+3]. The predicted octanol–water partition coefficient (Wildman–Crippen LogP) is 9.13. The summed E-state index contributed by atoms with van der Waals surface area (Å²) < 4.78 is 0.167. The zero-order chi connectivity index (χ0) is 24.5. The Balaban J connectivity index is -0.000000173. The minimum absolute atomic E-state index is 0. The molecule has 1 aliphatic rings. The Hall–Kier alpha value is 1.12. The van der Waals surface area contributed by atoms with Crippen LogP contribution in [-0.4, -0.2) is 25.0 Å². The average molecular weight is 508 g/mol. The molecule has 30 heavy (non-hydrogen) atoms. The largest absolute Gasteiger partial charge is 3.00 e. The van der Waals surface area contributed by atoms with E-state index in [9.17, 15) is 5.16 Å². The van der Waals surface area contributed by atoms with Crippen molar-refractivity contribution in [2.75, 3.05) is 0 Å². The molecule has 0 spiro atoms. The van der Waals surface area contributed by atoms with Crippen LogP contribution in [0.15, 0.2) is 24.3 Å². The van der Waals surface area contributed by atoms with Gasteiger partial charge in [-0.1, -0.05) is 128 Å². The van der Waals surface area contributed by atoms with Crippen LogP contribution in [0, 0.1) is 6.42 Å². The molecule has 0 aliphatic heterocycles. The van der Waals surface area contributed by atoms with Gasteiger partial charge in [0.25, 0.3) is 0 Å². The summed E-state index contributed by atoms with van der Waals surface area (Å²) in [5, 5.41) is 11.1.